The van der Waals surface area contributed by atoms with Gasteiger partial charge in [0.15, 0.2) is 5.16 Å². The van der Waals surface area contributed by atoms with Gasteiger partial charge in [0.2, 0.25) is 5.91 Å². The molecule has 0 atom stereocenters. The highest BCUT2D eigenvalue weighted by Gasteiger charge is 2.21. The van der Waals surface area contributed by atoms with Crippen LogP contribution in [0.4, 0.5) is 5.69 Å². The minimum Gasteiger partial charge on any atom is -0.325 e. The molecular weight excluding hydrogens is 322 g/mol. The van der Waals surface area contributed by atoms with E-state index in [1.165, 1.54) is 21.9 Å². The molecule has 1 aliphatic rings. The summed E-state index contributed by atoms with van der Waals surface area (Å²) in [4.78, 5) is 29.6. The SMILES string of the molecule is CCc1ccc(NC(=O)Cn2c(SC)nc3c(c2=O)CCC3)cc1. The third-order valence-corrected chi connectivity index (χ3v) is 4.96. The van der Waals surface area contributed by atoms with Gasteiger partial charge >= 0.3 is 0 Å². The number of nitrogens with zero attached hydrogens (tertiary/aromatic N) is 2. The molecule has 0 saturated carbocycles. The molecule has 3 rings (SSSR count). The Bertz CT molecular complexity index is 812. The average Bonchev–Trinajstić information content (AvgIpc) is 3.06. The van der Waals surface area contributed by atoms with Gasteiger partial charge in [-0.25, -0.2) is 4.98 Å². The second-order valence-electron chi connectivity index (χ2n) is 5.87. The number of amides is 1. The van der Waals surface area contributed by atoms with E-state index in [1.54, 1.807) is 0 Å². The van der Waals surface area contributed by atoms with Crippen LogP contribution in [0.15, 0.2) is 34.2 Å². The zero-order valence-electron chi connectivity index (χ0n) is 14.0. The van der Waals surface area contributed by atoms with Gasteiger partial charge in [0.25, 0.3) is 5.56 Å². The largest absolute Gasteiger partial charge is 0.325 e. The summed E-state index contributed by atoms with van der Waals surface area (Å²) >= 11 is 1.40. The van der Waals surface area contributed by atoms with Gasteiger partial charge in [-0.2, -0.15) is 0 Å². The van der Waals surface area contributed by atoms with Gasteiger partial charge in [-0.15, -0.1) is 0 Å². The molecule has 1 heterocycles. The maximum atomic E-state index is 12.6. The predicted molar refractivity (Wildman–Crippen MR) is 96.8 cm³/mol. The summed E-state index contributed by atoms with van der Waals surface area (Å²) in [5, 5.41) is 3.46. The molecule has 0 unspecified atom stereocenters. The summed E-state index contributed by atoms with van der Waals surface area (Å²) in [5.74, 6) is -0.212. The van der Waals surface area contributed by atoms with Crippen LogP contribution in [0.1, 0.15) is 30.2 Å². The molecule has 0 bridgehead atoms. The van der Waals surface area contributed by atoms with E-state index in [9.17, 15) is 9.59 Å². The van der Waals surface area contributed by atoms with Crippen molar-refractivity contribution in [2.75, 3.05) is 11.6 Å². The number of hydrogen-bond donors (Lipinski definition) is 1. The minimum absolute atomic E-state index is 0.00911. The molecule has 1 N–H and O–H groups in total. The molecule has 1 amide bonds. The molecule has 24 heavy (non-hydrogen) atoms. The first-order chi connectivity index (χ1) is 11.6. The molecule has 0 saturated heterocycles. The number of carbonyl (C=O) groups excluding carboxylic acids is 1. The van der Waals surface area contributed by atoms with Crippen LogP contribution < -0.4 is 10.9 Å². The van der Waals surface area contributed by atoms with Crippen LogP contribution in [0, 0.1) is 0 Å². The molecule has 5 nitrogen and oxygen atoms in total. The smallest absolute Gasteiger partial charge is 0.258 e. The number of aromatic nitrogens is 2. The van der Waals surface area contributed by atoms with E-state index in [4.69, 9.17) is 0 Å². The third-order valence-electron chi connectivity index (χ3n) is 4.28. The number of fused-ring (bicyclic) bond motifs is 1. The minimum atomic E-state index is -0.212. The Morgan fingerprint density at radius 1 is 1.29 bits per heavy atom. The standard InChI is InChI=1S/C18H21N3O2S/c1-3-12-7-9-13(10-8-12)19-16(22)11-21-17(23)14-5-4-6-15(14)20-18(21)24-2/h7-10H,3-6,11H2,1-2H3,(H,19,22). The van der Waals surface area contributed by atoms with Crippen molar-refractivity contribution in [1.29, 1.82) is 0 Å². The van der Waals surface area contributed by atoms with E-state index in [0.29, 0.717) is 5.16 Å². The lowest BCUT2D eigenvalue weighted by Crippen LogP contribution is -2.31. The molecule has 6 heteroatoms. The molecule has 0 radical (unpaired) electrons. The van der Waals surface area contributed by atoms with Crippen molar-refractivity contribution in [2.45, 2.75) is 44.3 Å². The summed E-state index contributed by atoms with van der Waals surface area (Å²) < 4.78 is 1.49. The van der Waals surface area contributed by atoms with Crippen LogP contribution in [0.5, 0.6) is 0 Å². The van der Waals surface area contributed by atoms with Crippen LogP contribution in [-0.4, -0.2) is 21.7 Å². The van der Waals surface area contributed by atoms with Gasteiger partial charge in [0.05, 0.1) is 5.69 Å². The molecule has 1 aliphatic carbocycles. The lowest BCUT2D eigenvalue weighted by Gasteiger charge is -2.13. The van der Waals surface area contributed by atoms with Gasteiger partial charge < -0.3 is 5.32 Å². The fraction of sp³-hybridized carbons (Fsp3) is 0.389. The number of nitrogens with one attached hydrogen (secondary N) is 1. The van der Waals surface area contributed by atoms with E-state index in [0.717, 1.165) is 42.6 Å². The maximum Gasteiger partial charge on any atom is 0.258 e. The van der Waals surface area contributed by atoms with Crippen molar-refractivity contribution in [1.82, 2.24) is 9.55 Å². The summed E-state index contributed by atoms with van der Waals surface area (Å²) in [6.07, 6.45) is 5.42. The summed E-state index contributed by atoms with van der Waals surface area (Å²) in [5.41, 5.74) is 3.56. The van der Waals surface area contributed by atoms with Gasteiger partial charge in [0, 0.05) is 11.3 Å². The number of benzene rings is 1. The lowest BCUT2D eigenvalue weighted by molar-refractivity contribution is -0.116. The molecule has 0 aliphatic heterocycles. The first-order valence-electron chi connectivity index (χ1n) is 8.17. The van der Waals surface area contributed by atoms with Crippen molar-refractivity contribution < 1.29 is 4.79 Å². The normalized spacial score (nSPS) is 12.9. The van der Waals surface area contributed by atoms with Crippen LogP contribution in [0.25, 0.3) is 0 Å². The van der Waals surface area contributed by atoms with Crippen LogP contribution >= 0.6 is 11.8 Å². The fourth-order valence-corrected chi connectivity index (χ4v) is 3.54. The Morgan fingerprint density at radius 3 is 2.71 bits per heavy atom. The van der Waals surface area contributed by atoms with E-state index in [-0.39, 0.29) is 18.0 Å². The van der Waals surface area contributed by atoms with E-state index >= 15 is 0 Å². The topological polar surface area (TPSA) is 64.0 Å². The predicted octanol–water partition coefficient (Wildman–Crippen LogP) is 2.66. The Hall–Kier alpha value is -2.08. The highest BCUT2D eigenvalue weighted by molar-refractivity contribution is 7.98. The second kappa shape index (κ2) is 7.21. The Balaban J connectivity index is 1.80. The molecule has 0 fully saturated rings. The van der Waals surface area contributed by atoms with Gasteiger partial charge in [0.1, 0.15) is 6.54 Å². The first-order valence-corrected chi connectivity index (χ1v) is 9.40. The second-order valence-corrected chi connectivity index (χ2v) is 6.64. The number of aryl methyl sites for hydroxylation is 2. The Labute approximate surface area is 145 Å². The van der Waals surface area contributed by atoms with Crippen LogP contribution in [0.3, 0.4) is 0 Å². The van der Waals surface area contributed by atoms with Gasteiger partial charge in [-0.1, -0.05) is 30.8 Å². The average molecular weight is 343 g/mol. The Kier molecular flexibility index (Phi) is 5.04. The zero-order chi connectivity index (χ0) is 17.1. The fourth-order valence-electron chi connectivity index (χ4n) is 2.97. The number of hydrogen-bond acceptors (Lipinski definition) is 4. The number of anilines is 1. The van der Waals surface area contributed by atoms with Crippen molar-refractivity contribution in [3.05, 3.63) is 51.4 Å². The lowest BCUT2D eigenvalue weighted by atomic mass is 10.1. The molecule has 2 aromatic rings. The number of rotatable bonds is 5. The van der Waals surface area contributed by atoms with Crippen molar-refractivity contribution in [3.63, 3.8) is 0 Å². The third kappa shape index (κ3) is 3.38. The molecule has 0 spiro atoms. The highest BCUT2D eigenvalue weighted by atomic mass is 32.2. The van der Waals surface area contributed by atoms with Crippen molar-refractivity contribution in [3.8, 4) is 0 Å². The van der Waals surface area contributed by atoms with Crippen LogP contribution in [0.2, 0.25) is 0 Å². The summed E-state index contributed by atoms with van der Waals surface area (Å²) in [6, 6.07) is 7.75. The Morgan fingerprint density at radius 2 is 2.04 bits per heavy atom. The monoisotopic (exact) mass is 343 g/mol. The number of carbonyl (C=O) groups is 1. The summed E-state index contributed by atoms with van der Waals surface area (Å²) in [7, 11) is 0. The highest BCUT2D eigenvalue weighted by Crippen LogP contribution is 2.20. The van der Waals surface area contributed by atoms with Gasteiger partial charge in [-0.3, -0.25) is 14.2 Å². The van der Waals surface area contributed by atoms with E-state index < -0.39 is 0 Å². The van der Waals surface area contributed by atoms with Crippen molar-refractivity contribution in [2.24, 2.45) is 0 Å². The van der Waals surface area contributed by atoms with Gasteiger partial charge in [-0.05, 0) is 49.6 Å². The quantitative estimate of drug-likeness (QED) is 0.670. The maximum absolute atomic E-state index is 12.6. The first kappa shape index (κ1) is 16.8. The van der Waals surface area contributed by atoms with E-state index in [2.05, 4.69) is 17.2 Å². The molecular formula is C18H21N3O2S. The number of thioether (sulfide) groups is 1. The summed E-state index contributed by atoms with van der Waals surface area (Å²) in [6.45, 7) is 2.08. The van der Waals surface area contributed by atoms with E-state index in [1.807, 2.05) is 30.5 Å². The molecule has 1 aromatic carbocycles. The van der Waals surface area contributed by atoms with Crippen LogP contribution in [-0.2, 0) is 30.6 Å². The molecule has 1 aromatic heterocycles. The molecule has 126 valence electrons. The van der Waals surface area contributed by atoms with Crippen molar-refractivity contribution >= 4 is 23.4 Å². The zero-order valence-corrected chi connectivity index (χ0v) is 14.8.